The van der Waals surface area contributed by atoms with Crippen LogP contribution in [-0.4, -0.2) is 19.1 Å². The largest absolute Gasteiger partial charge is 0.482 e. The number of nitrogen functional groups attached to an aromatic ring is 1. The third-order valence-electron chi connectivity index (χ3n) is 1.70. The Morgan fingerprint density at radius 3 is 3.06 bits per heavy atom. The number of ether oxygens (including phenoxy) is 1. The molecule has 6 heteroatoms. The van der Waals surface area contributed by atoms with E-state index < -0.39 is 11.7 Å². The van der Waals surface area contributed by atoms with Crippen molar-refractivity contribution in [3.63, 3.8) is 0 Å². The van der Waals surface area contributed by atoms with Crippen molar-refractivity contribution >= 4 is 11.6 Å². The average Bonchev–Trinajstić information content (AvgIpc) is 2.27. The summed E-state index contributed by atoms with van der Waals surface area (Å²) in [7, 11) is 0. The molecule has 0 spiro atoms. The van der Waals surface area contributed by atoms with Gasteiger partial charge in [0.2, 0.25) is 0 Å². The molecule has 0 aliphatic rings. The second kappa shape index (κ2) is 5.56. The van der Waals surface area contributed by atoms with Gasteiger partial charge in [0, 0.05) is 6.07 Å². The van der Waals surface area contributed by atoms with Gasteiger partial charge in [-0.05, 0) is 12.1 Å². The first kappa shape index (κ1) is 11.8. The number of rotatable bonds is 4. The zero-order chi connectivity index (χ0) is 12.0. The van der Waals surface area contributed by atoms with Crippen LogP contribution in [0.2, 0.25) is 0 Å². The van der Waals surface area contributed by atoms with Crippen LogP contribution in [0.1, 0.15) is 0 Å². The normalized spacial score (nSPS) is 9.25. The summed E-state index contributed by atoms with van der Waals surface area (Å²) in [5, 5.41) is 10.5. The SMILES string of the molecule is N#CCNC(=O)COc1cc(F)ccc1N. The Bertz CT molecular complexity index is 429. The molecule has 0 fully saturated rings. The Morgan fingerprint density at radius 1 is 1.62 bits per heavy atom. The van der Waals surface area contributed by atoms with Crippen molar-refractivity contribution in [2.45, 2.75) is 0 Å². The van der Waals surface area contributed by atoms with Crippen LogP contribution >= 0.6 is 0 Å². The lowest BCUT2D eigenvalue weighted by Crippen LogP contribution is -2.29. The number of amides is 1. The molecular weight excluding hydrogens is 213 g/mol. The first-order valence-corrected chi connectivity index (χ1v) is 4.45. The van der Waals surface area contributed by atoms with E-state index >= 15 is 0 Å². The quantitative estimate of drug-likeness (QED) is 0.572. The molecule has 0 unspecified atom stereocenters. The predicted molar refractivity (Wildman–Crippen MR) is 54.9 cm³/mol. The van der Waals surface area contributed by atoms with Crippen LogP contribution in [0, 0.1) is 17.1 Å². The molecule has 1 rings (SSSR count). The van der Waals surface area contributed by atoms with Crippen molar-refractivity contribution in [2.24, 2.45) is 0 Å². The number of benzene rings is 1. The average molecular weight is 223 g/mol. The summed E-state index contributed by atoms with van der Waals surface area (Å²) in [6.07, 6.45) is 0. The number of nitriles is 1. The highest BCUT2D eigenvalue weighted by Gasteiger charge is 2.05. The van der Waals surface area contributed by atoms with Crippen molar-refractivity contribution in [1.82, 2.24) is 5.32 Å². The molecule has 16 heavy (non-hydrogen) atoms. The molecule has 1 amide bonds. The van der Waals surface area contributed by atoms with Crippen molar-refractivity contribution in [3.05, 3.63) is 24.0 Å². The third kappa shape index (κ3) is 3.46. The summed E-state index contributed by atoms with van der Waals surface area (Å²) in [5.41, 5.74) is 5.74. The first-order valence-electron chi connectivity index (χ1n) is 4.45. The van der Waals surface area contributed by atoms with Crippen molar-refractivity contribution in [3.8, 4) is 11.8 Å². The molecule has 1 aromatic rings. The van der Waals surface area contributed by atoms with E-state index in [0.717, 1.165) is 6.07 Å². The minimum Gasteiger partial charge on any atom is -0.482 e. The summed E-state index contributed by atoms with van der Waals surface area (Å²) >= 11 is 0. The van der Waals surface area contributed by atoms with Gasteiger partial charge in [0.1, 0.15) is 18.1 Å². The van der Waals surface area contributed by atoms with Crippen LogP contribution < -0.4 is 15.8 Å². The van der Waals surface area contributed by atoms with E-state index in [1.165, 1.54) is 12.1 Å². The number of halogens is 1. The second-order valence-electron chi connectivity index (χ2n) is 2.91. The lowest BCUT2D eigenvalue weighted by atomic mass is 10.3. The van der Waals surface area contributed by atoms with Gasteiger partial charge in [0.05, 0.1) is 11.8 Å². The van der Waals surface area contributed by atoms with E-state index in [4.69, 9.17) is 15.7 Å². The Morgan fingerprint density at radius 2 is 2.38 bits per heavy atom. The Labute approximate surface area is 91.6 Å². The van der Waals surface area contributed by atoms with E-state index in [2.05, 4.69) is 5.32 Å². The molecule has 0 saturated heterocycles. The van der Waals surface area contributed by atoms with Gasteiger partial charge in [-0.25, -0.2) is 4.39 Å². The number of nitrogens with one attached hydrogen (secondary N) is 1. The molecule has 0 aromatic heterocycles. The van der Waals surface area contributed by atoms with Gasteiger partial charge < -0.3 is 15.8 Å². The van der Waals surface area contributed by atoms with Crippen LogP contribution in [0.25, 0.3) is 0 Å². The number of nitrogens with zero attached hydrogens (tertiary/aromatic N) is 1. The van der Waals surface area contributed by atoms with E-state index in [1.807, 2.05) is 0 Å². The number of carbonyl (C=O) groups excluding carboxylic acids is 1. The standard InChI is InChI=1S/C10H10FN3O2/c11-7-1-2-8(13)9(5-7)16-6-10(15)14-4-3-12/h1-2,5H,4,6,13H2,(H,14,15). The Hall–Kier alpha value is -2.29. The maximum Gasteiger partial charge on any atom is 0.258 e. The molecule has 84 valence electrons. The fraction of sp³-hybridized carbons (Fsp3) is 0.200. The van der Waals surface area contributed by atoms with Gasteiger partial charge in [-0.3, -0.25) is 4.79 Å². The highest BCUT2D eigenvalue weighted by atomic mass is 19.1. The van der Waals surface area contributed by atoms with Crippen molar-refractivity contribution in [1.29, 1.82) is 5.26 Å². The van der Waals surface area contributed by atoms with Gasteiger partial charge in [0.25, 0.3) is 5.91 Å². The highest BCUT2D eigenvalue weighted by Crippen LogP contribution is 2.21. The molecule has 0 aliphatic carbocycles. The van der Waals surface area contributed by atoms with E-state index in [0.29, 0.717) is 0 Å². The molecule has 0 bridgehead atoms. The van der Waals surface area contributed by atoms with Gasteiger partial charge in [-0.1, -0.05) is 0 Å². The first-order chi connectivity index (χ1) is 7.63. The Balaban J connectivity index is 2.51. The molecule has 0 atom stereocenters. The van der Waals surface area contributed by atoms with Crippen LogP contribution in [0.15, 0.2) is 18.2 Å². The van der Waals surface area contributed by atoms with Gasteiger partial charge in [-0.2, -0.15) is 5.26 Å². The fourth-order valence-electron chi connectivity index (χ4n) is 0.966. The zero-order valence-corrected chi connectivity index (χ0v) is 8.37. The molecule has 3 N–H and O–H groups in total. The summed E-state index contributed by atoms with van der Waals surface area (Å²) in [4.78, 5) is 11.0. The highest BCUT2D eigenvalue weighted by molar-refractivity contribution is 5.77. The lowest BCUT2D eigenvalue weighted by molar-refractivity contribution is -0.122. The minimum atomic E-state index is -0.498. The lowest BCUT2D eigenvalue weighted by Gasteiger charge is -2.07. The summed E-state index contributed by atoms with van der Waals surface area (Å²) in [6, 6.07) is 5.37. The van der Waals surface area contributed by atoms with Crippen LogP contribution in [0.5, 0.6) is 5.75 Å². The maximum absolute atomic E-state index is 12.8. The molecule has 0 heterocycles. The Kier molecular flexibility index (Phi) is 4.09. The minimum absolute atomic E-state index is 0.0964. The molecule has 0 radical (unpaired) electrons. The topological polar surface area (TPSA) is 88.1 Å². The van der Waals surface area contributed by atoms with E-state index in [1.54, 1.807) is 6.07 Å². The summed E-state index contributed by atoms with van der Waals surface area (Å²) in [5.74, 6) is -0.862. The van der Waals surface area contributed by atoms with Gasteiger partial charge >= 0.3 is 0 Å². The number of anilines is 1. The molecular formula is C10H10FN3O2. The van der Waals surface area contributed by atoms with Crippen molar-refractivity contribution < 1.29 is 13.9 Å². The number of nitrogens with two attached hydrogens (primary N) is 1. The van der Waals surface area contributed by atoms with E-state index in [-0.39, 0.29) is 24.6 Å². The predicted octanol–water partition coefficient (Wildman–Crippen LogP) is 0.426. The van der Waals surface area contributed by atoms with E-state index in [9.17, 15) is 9.18 Å². The van der Waals surface area contributed by atoms with Crippen LogP contribution in [-0.2, 0) is 4.79 Å². The number of hydrogen-bond donors (Lipinski definition) is 2. The fourth-order valence-corrected chi connectivity index (χ4v) is 0.966. The number of hydrogen-bond acceptors (Lipinski definition) is 4. The number of carbonyl (C=O) groups is 1. The maximum atomic E-state index is 12.8. The zero-order valence-electron chi connectivity index (χ0n) is 8.37. The van der Waals surface area contributed by atoms with Crippen LogP contribution in [0.4, 0.5) is 10.1 Å². The second-order valence-corrected chi connectivity index (χ2v) is 2.91. The smallest absolute Gasteiger partial charge is 0.258 e. The summed E-state index contributed by atoms with van der Waals surface area (Å²) < 4.78 is 17.8. The molecule has 0 saturated carbocycles. The van der Waals surface area contributed by atoms with Gasteiger partial charge in [-0.15, -0.1) is 0 Å². The van der Waals surface area contributed by atoms with Crippen LogP contribution in [0.3, 0.4) is 0 Å². The third-order valence-corrected chi connectivity index (χ3v) is 1.70. The molecule has 0 aliphatic heterocycles. The molecule has 1 aromatic carbocycles. The molecule has 5 nitrogen and oxygen atoms in total. The van der Waals surface area contributed by atoms with Crippen molar-refractivity contribution in [2.75, 3.05) is 18.9 Å². The summed E-state index contributed by atoms with van der Waals surface area (Å²) in [6.45, 7) is -0.407. The monoisotopic (exact) mass is 223 g/mol. The van der Waals surface area contributed by atoms with Gasteiger partial charge in [0.15, 0.2) is 6.61 Å².